The highest BCUT2D eigenvalue weighted by atomic mass is 35.5. The van der Waals surface area contributed by atoms with Crippen LogP contribution in [-0.2, 0) is 4.79 Å². The number of nitrogens with one attached hydrogen (secondary N) is 1. The highest BCUT2D eigenvalue weighted by molar-refractivity contribution is 6.41. The lowest BCUT2D eigenvalue weighted by Crippen LogP contribution is -2.37. The smallest absolute Gasteiger partial charge is 0.308 e. The molecule has 1 saturated heterocycles. The Balaban J connectivity index is 2.18. The van der Waals surface area contributed by atoms with Gasteiger partial charge in [-0.2, -0.15) is 0 Å². The fraction of sp³-hybridized carbons (Fsp3) is 0.455. The summed E-state index contributed by atoms with van der Waals surface area (Å²) in [6, 6.07) is 1.11. The minimum atomic E-state index is -0.875. The highest BCUT2D eigenvalue weighted by Gasteiger charge is 2.38. The summed E-state index contributed by atoms with van der Waals surface area (Å²) in [5.74, 6) is -1.67. The first-order valence-corrected chi connectivity index (χ1v) is 6.25. The number of carboxylic acids is 1. The zero-order valence-electron chi connectivity index (χ0n) is 9.61. The maximum atomic E-state index is 12.2. The predicted molar refractivity (Wildman–Crippen MR) is 67.1 cm³/mol. The molecular formula is C11H12Cl2N2O3. The average molecular weight is 291 g/mol. The number of carbonyl (C=O) groups excluding carboxylic acids is 1. The van der Waals surface area contributed by atoms with Crippen LogP contribution in [0.3, 0.4) is 0 Å². The number of likely N-dealkylation sites (tertiary alicyclic amines) is 1. The van der Waals surface area contributed by atoms with Crippen LogP contribution in [0.2, 0.25) is 10.2 Å². The van der Waals surface area contributed by atoms with Gasteiger partial charge in [-0.3, -0.25) is 9.59 Å². The number of carboxylic acid groups (broad SMARTS) is 1. The second-order valence-corrected chi connectivity index (χ2v) is 5.10. The van der Waals surface area contributed by atoms with Crippen LogP contribution < -0.4 is 0 Å². The topological polar surface area (TPSA) is 73.4 Å². The first-order valence-electron chi connectivity index (χ1n) is 5.49. The molecule has 0 spiro atoms. The number of rotatable bonds is 2. The first kappa shape index (κ1) is 13.2. The van der Waals surface area contributed by atoms with Gasteiger partial charge in [-0.05, 0) is 19.4 Å². The van der Waals surface area contributed by atoms with Crippen molar-refractivity contribution in [1.82, 2.24) is 9.88 Å². The van der Waals surface area contributed by atoms with Gasteiger partial charge >= 0.3 is 5.97 Å². The number of carbonyl (C=O) groups is 2. The lowest BCUT2D eigenvalue weighted by atomic mass is 10.0. The first-order chi connectivity index (χ1) is 8.41. The van der Waals surface area contributed by atoms with E-state index in [9.17, 15) is 9.59 Å². The van der Waals surface area contributed by atoms with Crippen LogP contribution >= 0.6 is 23.2 Å². The molecule has 0 bridgehead atoms. The Morgan fingerprint density at radius 1 is 1.50 bits per heavy atom. The van der Waals surface area contributed by atoms with Gasteiger partial charge in [-0.15, -0.1) is 0 Å². The SMILES string of the molecule is CC1C(C(=O)O)CCN1C(=O)c1cc(Cl)c(Cl)[nH]1. The largest absolute Gasteiger partial charge is 0.481 e. The standard InChI is InChI=1S/C11H12Cl2N2O3/c1-5-6(11(17)18)2-3-15(5)10(16)8-4-7(12)9(13)14-8/h4-6,14H,2-3H2,1H3,(H,17,18). The quantitative estimate of drug-likeness (QED) is 0.877. The van der Waals surface area contributed by atoms with Crippen LogP contribution in [0.5, 0.6) is 0 Å². The van der Waals surface area contributed by atoms with Crippen molar-refractivity contribution in [3.8, 4) is 0 Å². The zero-order valence-corrected chi connectivity index (χ0v) is 11.1. The second kappa shape index (κ2) is 4.82. The van der Waals surface area contributed by atoms with Gasteiger partial charge < -0.3 is 15.0 Å². The molecule has 1 aliphatic rings. The van der Waals surface area contributed by atoms with Crippen molar-refractivity contribution in [2.45, 2.75) is 19.4 Å². The number of nitrogens with zero attached hydrogens (tertiary/aromatic N) is 1. The molecule has 0 radical (unpaired) electrons. The molecule has 0 aromatic carbocycles. The Morgan fingerprint density at radius 3 is 2.61 bits per heavy atom. The van der Waals surface area contributed by atoms with Crippen LogP contribution in [0.25, 0.3) is 0 Å². The lowest BCUT2D eigenvalue weighted by molar-refractivity contribution is -0.142. The van der Waals surface area contributed by atoms with Crippen molar-refractivity contribution in [2.24, 2.45) is 5.92 Å². The van der Waals surface area contributed by atoms with Crippen molar-refractivity contribution < 1.29 is 14.7 Å². The predicted octanol–water partition coefficient (Wildman–Crippen LogP) is 2.26. The van der Waals surface area contributed by atoms with E-state index in [2.05, 4.69) is 4.98 Å². The van der Waals surface area contributed by atoms with Crippen molar-refractivity contribution >= 4 is 35.1 Å². The number of hydrogen-bond donors (Lipinski definition) is 2. The molecule has 7 heteroatoms. The number of hydrogen-bond acceptors (Lipinski definition) is 2. The summed E-state index contributed by atoms with van der Waals surface area (Å²) in [7, 11) is 0. The molecule has 18 heavy (non-hydrogen) atoms. The third kappa shape index (κ3) is 2.20. The fourth-order valence-electron chi connectivity index (χ4n) is 2.23. The van der Waals surface area contributed by atoms with Crippen molar-refractivity contribution in [1.29, 1.82) is 0 Å². The molecule has 0 saturated carbocycles. The number of halogens is 2. The van der Waals surface area contributed by atoms with Gasteiger partial charge in [0.15, 0.2) is 0 Å². The van der Waals surface area contributed by atoms with Gasteiger partial charge in [0, 0.05) is 12.6 Å². The Morgan fingerprint density at radius 2 is 2.17 bits per heavy atom. The van der Waals surface area contributed by atoms with Gasteiger partial charge in [0.1, 0.15) is 10.8 Å². The minimum Gasteiger partial charge on any atom is -0.481 e. The van der Waals surface area contributed by atoms with E-state index in [1.807, 2.05) is 0 Å². The molecule has 2 atom stereocenters. The molecule has 2 unspecified atom stereocenters. The van der Waals surface area contributed by atoms with Crippen molar-refractivity contribution in [2.75, 3.05) is 6.54 Å². The molecular weight excluding hydrogens is 279 g/mol. The van der Waals surface area contributed by atoms with Gasteiger partial charge in [-0.25, -0.2) is 0 Å². The molecule has 2 N–H and O–H groups in total. The average Bonchev–Trinajstić information content (AvgIpc) is 2.82. The molecule has 2 rings (SSSR count). The Labute approximate surface area is 114 Å². The van der Waals surface area contributed by atoms with E-state index in [1.165, 1.54) is 11.0 Å². The molecule has 1 aliphatic heterocycles. The summed E-state index contributed by atoms with van der Waals surface area (Å²) >= 11 is 11.5. The van der Waals surface area contributed by atoms with E-state index in [4.69, 9.17) is 28.3 Å². The lowest BCUT2D eigenvalue weighted by Gasteiger charge is -2.22. The highest BCUT2D eigenvalue weighted by Crippen LogP contribution is 2.28. The molecule has 1 aromatic heterocycles. The third-order valence-corrected chi connectivity index (χ3v) is 3.98. The number of H-pyrrole nitrogens is 1. The van der Waals surface area contributed by atoms with Crippen LogP contribution in [0.15, 0.2) is 6.07 Å². The Bertz CT molecular complexity index is 481. The van der Waals surface area contributed by atoms with E-state index < -0.39 is 11.9 Å². The summed E-state index contributed by atoms with van der Waals surface area (Å²) in [5, 5.41) is 9.50. The van der Waals surface area contributed by atoms with Crippen molar-refractivity contribution in [3.63, 3.8) is 0 Å². The molecule has 1 aromatic rings. The molecule has 98 valence electrons. The number of aliphatic carboxylic acids is 1. The maximum Gasteiger partial charge on any atom is 0.308 e. The maximum absolute atomic E-state index is 12.2. The van der Waals surface area contributed by atoms with E-state index in [0.29, 0.717) is 13.0 Å². The van der Waals surface area contributed by atoms with E-state index in [0.717, 1.165) is 0 Å². The van der Waals surface area contributed by atoms with Crippen LogP contribution in [0, 0.1) is 5.92 Å². The van der Waals surface area contributed by atoms with E-state index >= 15 is 0 Å². The third-order valence-electron chi connectivity index (χ3n) is 3.29. The normalized spacial score (nSPS) is 23.4. The minimum absolute atomic E-state index is 0.210. The second-order valence-electron chi connectivity index (χ2n) is 4.32. The monoisotopic (exact) mass is 290 g/mol. The molecule has 2 heterocycles. The van der Waals surface area contributed by atoms with Gasteiger partial charge in [-0.1, -0.05) is 23.2 Å². The summed E-state index contributed by atoms with van der Waals surface area (Å²) in [5.41, 5.74) is 0.280. The summed E-state index contributed by atoms with van der Waals surface area (Å²) in [4.78, 5) is 27.4. The van der Waals surface area contributed by atoms with Crippen LogP contribution in [0.4, 0.5) is 0 Å². The van der Waals surface area contributed by atoms with Gasteiger partial charge in [0.05, 0.1) is 10.9 Å². The van der Waals surface area contributed by atoms with Gasteiger partial charge in [0.25, 0.3) is 5.91 Å². The Kier molecular flexibility index (Phi) is 3.54. The number of aromatic amines is 1. The fourth-order valence-corrected chi connectivity index (χ4v) is 2.54. The number of amides is 1. The van der Waals surface area contributed by atoms with Crippen LogP contribution in [0.1, 0.15) is 23.8 Å². The summed E-state index contributed by atoms with van der Waals surface area (Å²) < 4.78 is 0. The van der Waals surface area contributed by atoms with E-state index in [-0.39, 0.29) is 27.8 Å². The number of aromatic nitrogens is 1. The molecule has 0 aliphatic carbocycles. The van der Waals surface area contributed by atoms with Crippen molar-refractivity contribution in [3.05, 3.63) is 21.9 Å². The van der Waals surface area contributed by atoms with Gasteiger partial charge in [0.2, 0.25) is 0 Å². The van der Waals surface area contributed by atoms with Crippen LogP contribution in [-0.4, -0.2) is 39.5 Å². The molecule has 1 fully saturated rings. The molecule has 5 nitrogen and oxygen atoms in total. The zero-order chi connectivity index (χ0) is 13.4. The summed E-state index contributed by atoms with van der Waals surface area (Å²) in [6.45, 7) is 2.15. The molecule has 1 amide bonds. The Hall–Kier alpha value is -1.20. The van der Waals surface area contributed by atoms with E-state index in [1.54, 1.807) is 6.92 Å². The summed E-state index contributed by atoms with van der Waals surface area (Å²) in [6.07, 6.45) is 0.463.